The number of halogens is 1. The van der Waals surface area contributed by atoms with E-state index in [-0.39, 0.29) is 0 Å². The number of hydrogen-bond donors (Lipinski definition) is 0. The van der Waals surface area contributed by atoms with Gasteiger partial charge in [-0.3, -0.25) is 4.99 Å². The zero-order valence-corrected chi connectivity index (χ0v) is 12.8. The van der Waals surface area contributed by atoms with E-state index in [1.807, 2.05) is 43.3 Å². The fraction of sp³-hybridized carbons (Fsp3) is 0.125. The summed E-state index contributed by atoms with van der Waals surface area (Å²) in [7, 11) is 1.73. The monoisotopic (exact) mass is 316 g/mol. The molecule has 0 aliphatic heterocycles. The Bertz CT molecular complexity index is 551. The second kappa shape index (κ2) is 7.64. The van der Waals surface area contributed by atoms with Crippen LogP contribution in [-0.2, 0) is 0 Å². The third-order valence-electron chi connectivity index (χ3n) is 2.49. The van der Waals surface area contributed by atoms with Crippen LogP contribution in [-0.4, -0.2) is 18.6 Å². The summed E-state index contributed by atoms with van der Waals surface area (Å²) in [6, 6.07) is 9.87. The van der Waals surface area contributed by atoms with E-state index >= 15 is 0 Å². The lowest BCUT2D eigenvalue weighted by molar-refractivity contribution is 1.38. The van der Waals surface area contributed by atoms with E-state index in [4.69, 9.17) is 0 Å². The SMILES string of the molecule is C=C/C(Br)=C\C(=C)C(C)=NC(=NC)c1ccccc1. The maximum absolute atomic E-state index is 4.52. The maximum atomic E-state index is 4.52. The van der Waals surface area contributed by atoms with Gasteiger partial charge in [-0.15, -0.1) is 0 Å². The second-order valence-electron chi connectivity index (χ2n) is 3.87. The summed E-state index contributed by atoms with van der Waals surface area (Å²) in [4.78, 5) is 8.74. The molecule has 0 aliphatic carbocycles. The molecule has 0 spiro atoms. The van der Waals surface area contributed by atoms with Gasteiger partial charge in [0.1, 0.15) is 0 Å². The van der Waals surface area contributed by atoms with Crippen molar-refractivity contribution in [3.63, 3.8) is 0 Å². The molecule has 0 saturated heterocycles. The number of amidine groups is 1. The van der Waals surface area contributed by atoms with Crippen LogP contribution in [0.25, 0.3) is 0 Å². The lowest BCUT2D eigenvalue weighted by atomic mass is 10.1. The first-order valence-corrected chi connectivity index (χ1v) is 6.64. The summed E-state index contributed by atoms with van der Waals surface area (Å²) >= 11 is 3.37. The van der Waals surface area contributed by atoms with E-state index in [1.165, 1.54) is 0 Å². The topological polar surface area (TPSA) is 24.7 Å². The van der Waals surface area contributed by atoms with Crippen molar-refractivity contribution in [3.8, 4) is 0 Å². The molecule has 2 nitrogen and oxygen atoms in total. The lowest BCUT2D eigenvalue weighted by Gasteiger charge is -2.04. The molecular weight excluding hydrogens is 300 g/mol. The van der Waals surface area contributed by atoms with E-state index in [9.17, 15) is 0 Å². The summed E-state index contributed by atoms with van der Waals surface area (Å²) in [5.41, 5.74) is 2.64. The Labute approximate surface area is 123 Å². The molecule has 0 amide bonds. The number of nitrogens with zero attached hydrogens (tertiary/aromatic N) is 2. The Morgan fingerprint density at radius 1 is 1.26 bits per heavy atom. The Hall–Kier alpha value is -1.74. The molecule has 0 atom stereocenters. The van der Waals surface area contributed by atoms with Crippen molar-refractivity contribution < 1.29 is 0 Å². The molecule has 0 bridgehead atoms. The normalized spacial score (nSPS) is 13.3. The van der Waals surface area contributed by atoms with Gasteiger partial charge >= 0.3 is 0 Å². The van der Waals surface area contributed by atoms with Gasteiger partial charge in [0.15, 0.2) is 5.84 Å². The van der Waals surface area contributed by atoms with E-state index in [2.05, 4.69) is 39.1 Å². The molecule has 1 aromatic carbocycles. The van der Waals surface area contributed by atoms with Gasteiger partial charge in [0.25, 0.3) is 0 Å². The zero-order valence-electron chi connectivity index (χ0n) is 11.2. The van der Waals surface area contributed by atoms with Gasteiger partial charge in [0.05, 0.1) is 0 Å². The third-order valence-corrected chi connectivity index (χ3v) is 3.04. The largest absolute Gasteiger partial charge is 0.270 e. The molecule has 0 aliphatic rings. The summed E-state index contributed by atoms with van der Waals surface area (Å²) in [5, 5.41) is 0. The van der Waals surface area contributed by atoms with Crippen molar-refractivity contribution in [1.29, 1.82) is 0 Å². The standard InChI is InChI=1S/C16H17BrN2/c1-5-15(17)11-12(2)13(3)19-16(18-4)14-9-7-6-8-10-14/h5-11H,1-2H2,3-4H3/b15-11+,18-16?,19-13?. The quantitative estimate of drug-likeness (QED) is 0.442. The Morgan fingerprint density at radius 2 is 1.89 bits per heavy atom. The molecule has 0 heterocycles. The molecule has 0 fully saturated rings. The zero-order chi connectivity index (χ0) is 14.3. The minimum absolute atomic E-state index is 0.697. The van der Waals surface area contributed by atoms with Crippen LogP contribution in [0, 0.1) is 0 Å². The molecule has 1 aromatic rings. The molecular formula is C16H17BrN2. The summed E-state index contributed by atoms with van der Waals surface area (Å²) in [6.07, 6.45) is 3.59. The first-order chi connectivity index (χ1) is 9.08. The van der Waals surface area contributed by atoms with Gasteiger partial charge < -0.3 is 0 Å². The highest BCUT2D eigenvalue weighted by molar-refractivity contribution is 9.11. The van der Waals surface area contributed by atoms with Crippen LogP contribution in [0.15, 0.2) is 75.7 Å². The lowest BCUT2D eigenvalue weighted by Crippen LogP contribution is -2.03. The minimum atomic E-state index is 0.697. The Balaban J connectivity index is 3.00. The summed E-state index contributed by atoms with van der Waals surface area (Å²) < 4.78 is 0.877. The van der Waals surface area contributed by atoms with Gasteiger partial charge in [0.2, 0.25) is 0 Å². The van der Waals surface area contributed by atoms with Crippen molar-refractivity contribution >= 4 is 27.5 Å². The highest BCUT2D eigenvalue weighted by Gasteiger charge is 2.02. The summed E-state index contributed by atoms with van der Waals surface area (Å²) in [5.74, 6) is 0.697. The van der Waals surface area contributed by atoms with Crippen molar-refractivity contribution in [2.24, 2.45) is 9.98 Å². The molecule has 0 radical (unpaired) electrons. The van der Waals surface area contributed by atoms with Crippen LogP contribution in [0.5, 0.6) is 0 Å². The molecule has 1 rings (SSSR count). The number of allylic oxidation sites excluding steroid dienone is 4. The molecule has 0 N–H and O–H groups in total. The first kappa shape index (κ1) is 15.3. The van der Waals surface area contributed by atoms with E-state index in [1.54, 1.807) is 13.1 Å². The van der Waals surface area contributed by atoms with E-state index < -0.39 is 0 Å². The minimum Gasteiger partial charge on any atom is -0.270 e. The van der Waals surface area contributed by atoms with Crippen molar-refractivity contribution in [1.82, 2.24) is 0 Å². The number of rotatable bonds is 4. The Morgan fingerprint density at radius 3 is 2.42 bits per heavy atom. The molecule has 98 valence electrons. The van der Waals surface area contributed by atoms with Crippen molar-refractivity contribution in [2.45, 2.75) is 6.92 Å². The highest BCUT2D eigenvalue weighted by Crippen LogP contribution is 2.11. The van der Waals surface area contributed by atoms with Crippen LogP contribution >= 0.6 is 15.9 Å². The smallest absolute Gasteiger partial charge is 0.154 e. The van der Waals surface area contributed by atoms with Gasteiger partial charge in [-0.2, -0.15) is 0 Å². The summed E-state index contributed by atoms with van der Waals surface area (Å²) in [6.45, 7) is 9.57. The van der Waals surface area contributed by atoms with Crippen molar-refractivity contribution in [3.05, 3.63) is 71.3 Å². The van der Waals surface area contributed by atoms with Crippen LogP contribution in [0.1, 0.15) is 12.5 Å². The van der Waals surface area contributed by atoms with Gasteiger partial charge in [-0.1, -0.05) is 65.5 Å². The fourth-order valence-electron chi connectivity index (χ4n) is 1.39. The number of hydrogen-bond acceptors (Lipinski definition) is 1. The average molecular weight is 317 g/mol. The molecule has 3 heteroatoms. The van der Waals surface area contributed by atoms with E-state index in [0.717, 1.165) is 21.3 Å². The van der Waals surface area contributed by atoms with E-state index in [0.29, 0.717) is 5.84 Å². The van der Waals surface area contributed by atoms with Crippen LogP contribution in [0.4, 0.5) is 0 Å². The average Bonchev–Trinajstić information content (AvgIpc) is 2.45. The highest BCUT2D eigenvalue weighted by atomic mass is 79.9. The molecule has 0 unspecified atom stereocenters. The predicted molar refractivity (Wildman–Crippen MR) is 88.4 cm³/mol. The number of benzene rings is 1. The first-order valence-electron chi connectivity index (χ1n) is 5.85. The fourth-order valence-corrected chi connectivity index (χ4v) is 1.67. The van der Waals surface area contributed by atoms with Crippen molar-refractivity contribution in [2.75, 3.05) is 7.05 Å². The van der Waals surface area contributed by atoms with Gasteiger partial charge in [0, 0.05) is 22.8 Å². The van der Waals surface area contributed by atoms with Crippen LogP contribution in [0.2, 0.25) is 0 Å². The second-order valence-corrected chi connectivity index (χ2v) is 4.78. The Kier molecular flexibility index (Phi) is 6.16. The van der Waals surface area contributed by atoms with Gasteiger partial charge in [-0.05, 0) is 18.6 Å². The maximum Gasteiger partial charge on any atom is 0.154 e. The van der Waals surface area contributed by atoms with Crippen LogP contribution < -0.4 is 0 Å². The van der Waals surface area contributed by atoms with Gasteiger partial charge in [-0.25, -0.2) is 4.99 Å². The molecule has 19 heavy (non-hydrogen) atoms. The predicted octanol–water partition coefficient (Wildman–Crippen LogP) is 4.54. The molecule has 0 saturated carbocycles. The molecule has 0 aromatic heterocycles. The van der Waals surface area contributed by atoms with Crippen LogP contribution in [0.3, 0.4) is 0 Å². The third kappa shape index (κ3) is 4.79. The number of aliphatic imine (C=N–C) groups is 2.